The Balaban J connectivity index is 2.32. The molecule has 0 amide bonds. The number of rotatable bonds is 0. The molecule has 0 spiro atoms. The summed E-state index contributed by atoms with van der Waals surface area (Å²) >= 11 is 9.91. The second kappa shape index (κ2) is 2.06. The summed E-state index contributed by atoms with van der Waals surface area (Å²) in [5.74, 6) is 0. The molecule has 0 atom stereocenters. The van der Waals surface area contributed by atoms with Gasteiger partial charge in [0.15, 0.2) is 0 Å². The van der Waals surface area contributed by atoms with Gasteiger partial charge in [-0.05, 0) is 6.55 Å². The third-order valence-electron chi connectivity index (χ3n) is 0. The molecule has 0 rings (SSSR count). The van der Waals surface area contributed by atoms with Crippen LogP contribution >= 0.6 is 22.2 Å². The van der Waals surface area contributed by atoms with E-state index in [4.69, 9.17) is 28.7 Å². The SMILES string of the molecule is [CH][SiH](Cl)Cl. The second-order valence-corrected chi connectivity index (χ2v) is 4.49. The zero-order chi connectivity index (χ0) is 3.58. The number of hydrogen-bond acceptors (Lipinski definition) is 0. The average molecular weight is 113 g/mol. The lowest BCUT2D eigenvalue weighted by Gasteiger charge is -1.67. The lowest BCUT2D eigenvalue weighted by molar-refractivity contribution is 2.81. The molecule has 0 nitrogen and oxygen atoms in total. The molecule has 0 unspecified atom stereocenters. The highest BCUT2D eigenvalue weighted by molar-refractivity contribution is 7.34. The standard InChI is InChI=1S/CH2Cl2Si/c1-4(2)3/h1,4H. The van der Waals surface area contributed by atoms with Crippen molar-refractivity contribution in [2.75, 3.05) is 0 Å². The van der Waals surface area contributed by atoms with Gasteiger partial charge in [0, 0.05) is 0 Å². The minimum atomic E-state index is -1.69. The summed E-state index contributed by atoms with van der Waals surface area (Å²) in [7, 11) is -1.69. The molecule has 4 heavy (non-hydrogen) atoms. The van der Waals surface area contributed by atoms with E-state index in [0.717, 1.165) is 0 Å². The molecule has 0 aromatic rings. The largest absolute Gasteiger partial charge is 0.240 e. The first-order valence-electron chi connectivity index (χ1n) is 0.770. The zero-order valence-corrected chi connectivity index (χ0v) is 4.58. The van der Waals surface area contributed by atoms with E-state index in [9.17, 15) is 0 Å². The maximum atomic E-state index is 4.96. The van der Waals surface area contributed by atoms with E-state index >= 15 is 0 Å². The Bertz CT molecular complexity index is 10.8. The molecule has 0 aromatic heterocycles. The topological polar surface area (TPSA) is 0 Å². The predicted molar refractivity (Wildman–Crippen MR) is 23.2 cm³/mol. The van der Waals surface area contributed by atoms with Gasteiger partial charge in [-0.3, -0.25) is 0 Å². The first-order chi connectivity index (χ1) is 1.73. The van der Waals surface area contributed by atoms with Crippen LogP contribution in [-0.4, -0.2) is 7.42 Å². The van der Waals surface area contributed by atoms with Crippen LogP contribution in [0.4, 0.5) is 0 Å². The van der Waals surface area contributed by atoms with Gasteiger partial charge in [-0.25, -0.2) is 0 Å². The molecular formula is CH2Cl2Si. The summed E-state index contributed by atoms with van der Waals surface area (Å²) in [4.78, 5) is 0. The van der Waals surface area contributed by atoms with E-state index in [2.05, 4.69) is 0 Å². The Kier molecular flexibility index (Phi) is 2.47. The van der Waals surface area contributed by atoms with Crippen LogP contribution in [0.1, 0.15) is 0 Å². The molecule has 0 saturated carbocycles. The first-order valence-corrected chi connectivity index (χ1v) is 4.93. The number of halogens is 2. The Hall–Kier alpha value is 0.797. The molecule has 24 valence electrons. The van der Waals surface area contributed by atoms with E-state index in [1.165, 1.54) is 0 Å². The van der Waals surface area contributed by atoms with Crippen molar-refractivity contribution in [3.05, 3.63) is 6.55 Å². The van der Waals surface area contributed by atoms with Crippen LogP contribution < -0.4 is 0 Å². The van der Waals surface area contributed by atoms with Gasteiger partial charge < -0.3 is 0 Å². The fourth-order valence-corrected chi connectivity index (χ4v) is 0. The van der Waals surface area contributed by atoms with Crippen molar-refractivity contribution >= 4 is 29.6 Å². The third-order valence-corrected chi connectivity index (χ3v) is 0. The monoisotopic (exact) mass is 112 g/mol. The zero-order valence-electron chi connectivity index (χ0n) is 1.91. The first kappa shape index (κ1) is 4.80. The minimum Gasteiger partial charge on any atom is -0.150 e. The van der Waals surface area contributed by atoms with Gasteiger partial charge in [-0.1, -0.05) is 0 Å². The molecule has 0 aromatic carbocycles. The molecule has 3 heteroatoms. The highest BCUT2D eigenvalue weighted by atomic mass is 35.7. The van der Waals surface area contributed by atoms with Crippen molar-refractivity contribution in [2.24, 2.45) is 0 Å². The summed E-state index contributed by atoms with van der Waals surface area (Å²) in [5, 5.41) is 0. The van der Waals surface area contributed by atoms with Gasteiger partial charge >= 0.3 is 0 Å². The molecule has 0 fully saturated rings. The van der Waals surface area contributed by atoms with Crippen molar-refractivity contribution in [1.29, 1.82) is 0 Å². The Morgan fingerprint density at radius 3 is 1.50 bits per heavy atom. The van der Waals surface area contributed by atoms with Gasteiger partial charge in [0.05, 0.1) is 0 Å². The number of hydrogen-bond donors (Lipinski definition) is 0. The molecule has 0 aliphatic rings. The highest BCUT2D eigenvalue weighted by Crippen LogP contribution is 1.87. The molecular weight excluding hydrogens is 111 g/mol. The molecule has 0 N–H and O–H groups in total. The maximum absolute atomic E-state index is 4.96. The van der Waals surface area contributed by atoms with E-state index in [0.29, 0.717) is 0 Å². The third kappa shape index (κ3) is 14.2. The molecule has 2 radical (unpaired) electrons. The van der Waals surface area contributed by atoms with Gasteiger partial charge in [0.25, 0.3) is 0 Å². The van der Waals surface area contributed by atoms with Crippen molar-refractivity contribution < 1.29 is 0 Å². The quantitative estimate of drug-likeness (QED) is 0.324. The van der Waals surface area contributed by atoms with Gasteiger partial charge in [-0.2, -0.15) is 22.2 Å². The van der Waals surface area contributed by atoms with Crippen LogP contribution in [0.2, 0.25) is 0 Å². The smallest absolute Gasteiger partial charge is 0.150 e. The average Bonchev–Trinajstić information content (AvgIpc) is 0.811. The summed E-state index contributed by atoms with van der Waals surface area (Å²) in [6.45, 7) is 4.78. The van der Waals surface area contributed by atoms with Crippen molar-refractivity contribution in [1.82, 2.24) is 0 Å². The fraction of sp³-hybridized carbons (Fsp3) is 0. The fourth-order valence-electron chi connectivity index (χ4n) is 0. The minimum absolute atomic E-state index is 1.69. The van der Waals surface area contributed by atoms with Crippen LogP contribution in [-0.2, 0) is 0 Å². The lowest BCUT2D eigenvalue weighted by atomic mass is 11.9. The summed E-state index contributed by atoms with van der Waals surface area (Å²) in [6, 6.07) is 0. The summed E-state index contributed by atoms with van der Waals surface area (Å²) < 4.78 is 0. The molecule has 0 heterocycles. The Morgan fingerprint density at radius 1 is 1.50 bits per heavy atom. The summed E-state index contributed by atoms with van der Waals surface area (Å²) in [5.41, 5.74) is 0. The van der Waals surface area contributed by atoms with E-state index in [-0.39, 0.29) is 0 Å². The van der Waals surface area contributed by atoms with Crippen molar-refractivity contribution in [2.45, 2.75) is 0 Å². The van der Waals surface area contributed by atoms with Crippen LogP contribution in [0.5, 0.6) is 0 Å². The predicted octanol–water partition coefficient (Wildman–Crippen LogP) is 0.935. The molecule has 0 aliphatic carbocycles. The van der Waals surface area contributed by atoms with E-state index < -0.39 is 7.42 Å². The van der Waals surface area contributed by atoms with E-state index in [1.54, 1.807) is 0 Å². The van der Waals surface area contributed by atoms with Gasteiger partial charge in [-0.15, -0.1) is 0 Å². The van der Waals surface area contributed by atoms with E-state index in [1.807, 2.05) is 0 Å². The van der Waals surface area contributed by atoms with Crippen LogP contribution in [0.15, 0.2) is 0 Å². The van der Waals surface area contributed by atoms with Gasteiger partial charge in [0.2, 0.25) is 7.42 Å². The molecule has 0 bridgehead atoms. The maximum Gasteiger partial charge on any atom is 0.240 e. The summed E-state index contributed by atoms with van der Waals surface area (Å²) in [6.07, 6.45) is 0. The van der Waals surface area contributed by atoms with Crippen LogP contribution in [0.3, 0.4) is 0 Å². The van der Waals surface area contributed by atoms with Crippen LogP contribution in [0.25, 0.3) is 0 Å². The Labute approximate surface area is 36.7 Å². The molecule has 0 saturated heterocycles. The lowest BCUT2D eigenvalue weighted by Crippen LogP contribution is -1.75. The van der Waals surface area contributed by atoms with Crippen LogP contribution in [0, 0.1) is 6.55 Å². The Morgan fingerprint density at radius 2 is 1.50 bits per heavy atom. The molecule has 0 aliphatic heterocycles. The van der Waals surface area contributed by atoms with Crippen molar-refractivity contribution in [3.63, 3.8) is 0 Å². The van der Waals surface area contributed by atoms with Gasteiger partial charge in [0.1, 0.15) is 0 Å². The second-order valence-electron chi connectivity index (χ2n) is 0.334. The van der Waals surface area contributed by atoms with Crippen molar-refractivity contribution in [3.8, 4) is 0 Å². The normalized spacial score (nSPS) is 9.00. The highest BCUT2D eigenvalue weighted by Gasteiger charge is 1.81.